The Bertz CT molecular complexity index is 1300. The van der Waals surface area contributed by atoms with Gasteiger partial charge in [-0.05, 0) is 29.2 Å². The van der Waals surface area contributed by atoms with Crippen molar-refractivity contribution in [2.24, 2.45) is 0 Å². The molecule has 0 spiro atoms. The first-order chi connectivity index (χ1) is 17.7. The van der Waals surface area contributed by atoms with Crippen molar-refractivity contribution in [1.82, 2.24) is 4.90 Å². The Morgan fingerprint density at radius 2 is 1.81 bits per heavy atom. The summed E-state index contributed by atoms with van der Waals surface area (Å²) in [7, 11) is 1.33. The van der Waals surface area contributed by atoms with Gasteiger partial charge in [-0.2, -0.15) is 0 Å². The molecule has 1 fully saturated rings. The maximum Gasteiger partial charge on any atom is 0.312 e. The van der Waals surface area contributed by atoms with Crippen LogP contribution in [-0.4, -0.2) is 62.3 Å². The summed E-state index contributed by atoms with van der Waals surface area (Å²) in [6.07, 6.45) is 0. The minimum absolute atomic E-state index is 0.0668. The molecule has 0 bridgehead atoms. The Kier molecular flexibility index (Phi) is 7.94. The normalized spacial score (nSPS) is 14.4. The maximum absolute atomic E-state index is 13.5. The molecule has 9 nitrogen and oxygen atoms in total. The maximum atomic E-state index is 13.5. The van der Waals surface area contributed by atoms with E-state index < -0.39 is 16.2 Å². The molecular weight excluding hydrogens is 474 g/mol. The molecule has 0 radical (unpaired) electrons. The fourth-order valence-corrected chi connectivity index (χ4v) is 4.37. The number of ether oxygens (including phenoxy) is 3. The first-order valence-electron chi connectivity index (χ1n) is 12.3. The van der Waals surface area contributed by atoms with E-state index in [1.54, 1.807) is 12.1 Å². The second kappa shape index (κ2) is 11.1. The van der Waals surface area contributed by atoms with Gasteiger partial charge in [0.15, 0.2) is 0 Å². The van der Waals surface area contributed by atoms with Gasteiger partial charge in [-0.1, -0.05) is 45.0 Å². The number of carbonyl (C=O) groups is 1. The number of nitrogens with zero attached hydrogens (tertiary/aromatic N) is 2. The number of nitro groups is 1. The van der Waals surface area contributed by atoms with Crippen molar-refractivity contribution in [3.63, 3.8) is 0 Å². The van der Waals surface area contributed by atoms with E-state index in [9.17, 15) is 14.9 Å². The second-order valence-electron chi connectivity index (χ2n) is 10.00. The highest BCUT2D eigenvalue weighted by atomic mass is 16.6. The minimum atomic E-state index is -0.525. The second-order valence-corrected chi connectivity index (χ2v) is 10.00. The van der Waals surface area contributed by atoms with Gasteiger partial charge >= 0.3 is 5.69 Å². The quantitative estimate of drug-likeness (QED) is 0.337. The number of hydrogen-bond acceptors (Lipinski definition) is 7. The smallest absolute Gasteiger partial charge is 0.312 e. The number of fused-ring (bicyclic) bond motifs is 1. The van der Waals surface area contributed by atoms with Crippen molar-refractivity contribution in [2.45, 2.75) is 26.2 Å². The van der Waals surface area contributed by atoms with Crippen LogP contribution in [-0.2, 0) is 10.2 Å². The summed E-state index contributed by atoms with van der Waals surface area (Å²) in [5, 5.41) is 16.4. The third kappa shape index (κ3) is 6.00. The predicted octanol–water partition coefficient (Wildman–Crippen LogP) is 5.02. The number of morpholine rings is 1. The fourth-order valence-electron chi connectivity index (χ4n) is 4.37. The van der Waals surface area contributed by atoms with Crippen molar-refractivity contribution < 1.29 is 23.9 Å². The third-order valence-electron chi connectivity index (χ3n) is 6.48. The van der Waals surface area contributed by atoms with Gasteiger partial charge in [0.05, 0.1) is 30.8 Å². The van der Waals surface area contributed by atoms with Crippen molar-refractivity contribution >= 4 is 28.1 Å². The lowest BCUT2D eigenvalue weighted by Gasteiger charge is -2.26. The summed E-state index contributed by atoms with van der Waals surface area (Å²) in [5.74, 6) is 0.171. The summed E-state index contributed by atoms with van der Waals surface area (Å²) < 4.78 is 16.8. The van der Waals surface area contributed by atoms with E-state index in [1.807, 2.05) is 51.1 Å². The highest BCUT2D eigenvalue weighted by molar-refractivity contribution is 6.11. The van der Waals surface area contributed by atoms with Crippen LogP contribution in [0, 0.1) is 10.1 Å². The first-order valence-corrected chi connectivity index (χ1v) is 12.3. The molecule has 37 heavy (non-hydrogen) atoms. The number of nitrogens with one attached hydrogen (secondary N) is 1. The lowest BCUT2D eigenvalue weighted by molar-refractivity contribution is -0.385. The largest absolute Gasteiger partial charge is 0.492 e. The van der Waals surface area contributed by atoms with E-state index in [-0.39, 0.29) is 17.0 Å². The van der Waals surface area contributed by atoms with Gasteiger partial charge in [-0.15, -0.1) is 0 Å². The fraction of sp³-hybridized carbons (Fsp3) is 0.393. The molecule has 1 aliphatic rings. The van der Waals surface area contributed by atoms with Crippen LogP contribution in [0.3, 0.4) is 0 Å². The van der Waals surface area contributed by atoms with Crippen LogP contribution in [0.1, 0.15) is 36.7 Å². The summed E-state index contributed by atoms with van der Waals surface area (Å²) in [6, 6.07) is 14.4. The number of nitro benzene ring substituents is 1. The van der Waals surface area contributed by atoms with Gasteiger partial charge in [0.25, 0.3) is 5.91 Å². The molecular formula is C28H33N3O6. The molecule has 3 aromatic carbocycles. The van der Waals surface area contributed by atoms with Crippen LogP contribution in [0.25, 0.3) is 10.8 Å². The summed E-state index contributed by atoms with van der Waals surface area (Å²) in [4.78, 5) is 27.0. The van der Waals surface area contributed by atoms with Gasteiger partial charge in [-0.25, -0.2) is 0 Å². The summed E-state index contributed by atoms with van der Waals surface area (Å²) >= 11 is 0. The van der Waals surface area contributed by atoms with Crippen LogP contribution in [0.15, 0.2) is 48.5 Å². The van der Waals surface area contributed by atoms with Crippen molar-refractivity contribution in [3.8, 4) is 11.5 Å². The van der Waals surface area contributed by atoms with Gasteiger partial charge in [0.1, 0.15) is 12.4 Å². The van der Waals surface area contributed by atoms with Crippen LogP contribution in [0.4, 0.5) is 11.4 Å². The first kappa shape index (κ1) is 26.4. The Morgan fingerprint density at radius 3 is 2.46 bits per heavy atom. The van der Waals surface area contributed by atoms with Crippen molar-refractivity contribution in [1.29, 1.82) is 0 Å². The van der Waals surface area contributed by atoms with Gasteiger partial charge < -0.3 is 19.5 Å². The van der Waals surface area contributed by atoms with Gasteiger partial charge in [-0.3, -0.25) is 19.8 Å². The molecule has 1 aliphatic heterocycles. The van der Waals surface area contributed by atoms with E-state index in [0.717, 1.165) is 49.4 Å². The molecule has 1 amide bonds. The summed E-state index contributed by atoms with van der Waals surface area (Å²) in [5.41, 5.74) is 0.704. The number of amides is 1. The number of hydrogen-bond donors (Lipinski definition) is 1. The number of methoxy groups -OCH3 is 1. The zero-order valence-electron chi connectivity index (χ0n) is 21.7. The van der Waals surface area contributed by atoms with Crippen molar-refractivity contribution in [2.75, 3.05) is 51.9 Å². The van der Waals surface area contributed by atoms with E-state index in [1.165, 1.54) is 13.2 Å². The number of benzene rings is 3. The molecule has 0 aromatic heterocycles. The molecule has 9 heteroatoms. The SMILES string of the molecule is COc1c(C(=O)Nc2ccc(OCCN3CCOCC3)c3ccccc23)cc(C(C)(C)C)cc1[N+](=O)[O-]. The van der Waals surface area contributed by atoms with Crippen LogP contribution in [0.5, 0.6) is 11.5 Å². The Morgan fingerprint density at radius 1 is 1.11 bits per heavy atom. The van der Waals surface area contributed by atoms with E-state index in [2.05, 4.69) is 10.2 Å². The Balaban J connectivity index is 1.62. The molecule has 196 valence electrons. The molecule has 0 atom stereocenters. The molecule has 0 unspecified atom stereocenters. The Hall–Kier alpha value is -3.69. The van der Waals surface area contributed by atoms with Crippen molar-refractivity contribution in [3.05, 3.63) is 69.8 Å². The van der Waals surface area contributed by atoms with Crippen LogP contribution < -0.4 is 14.8 Å². The standard InChI is InChI=1S/C28H33N3O6/c1-28(2,3)19-17-22(26(35-4)24(18-19)31(33)34)27(32)29-23-9-10-25(21-8-6-5-7-20(21)23)37-16-13-30-11-14-36-15-12-30/h5-10,17-18H,11-16H2,1-4H3,(H,29,32). The predicted molar refractivity (Wildman–Crippen MR) is 143 cm³/mol. The minimum Gasteiger partial charge on any atom is -0.492 e. The topological polar surface area (TPSA) is 103 Å². The van der Waals surface area contributed by atoms with E-state index in [4.69, 9.17) is 14.2 Å². The monoisotopic (exact) mass is 507 g/mol. The molecule has 0 saturated carbocycles. The molecule has 1 N–H and O–H groups in total. The number of rotatable bonds is 8. The number of carbonyl (C=O) groups excluding carboxylic acids is 1. The van der Waals surface area contributed by atoms with Crippen LogP contribution in [0.2, 0.25) is 0 Å². The van der Waals surface area contributed by atoms with Gasteiger partial charge in [0, 0.05) is 42.2 Å². The molecule has 1 heterocycles. The highest BCUT2D eigenvalue weighted by Gasteiger charge is 2.28. The zero-order valence-corrected chi connectivity index (χ0v) is 21.7. The molecule has 3 aromatic rings. The average Bonchev–Trinajstić information content (AvgIpc) is 2.89. The zero-order chi connectivity index (χ0) is 26.6. The van der Waals surface area contributed by atoms with Crippen LogP contribution >= 0.6 is 0 Å². The molecule has 0 aliphatic carbocycles. The molecule has 1 saturated heterocycles. The lowest BCUT2D eigenvalue weighted by atomic mass is 9.85. The summed E-state index contributed by atoms with van der Waals surface area (Å²) in [6.45, 7) is 10.4. The lowest BCUT2D eigenvalue weighted by Crippen LogP contribution is -2.38. The Labute approximate surface area is 216 Å². The number of anilines is 1. The van der Waals surface area contributed by atoms with Gasteiger partial charge in [0.2, 0.25) is 5.75 Å². The average molecular weight is 508 g/mol. The highest BCUT2D eigenvalue weighted by Crippen LogP contribution is 2.38. The third-order valence-corrected chi connectivity index (χ3v) is 6.48. The molecule has 4 rings (SSSR count). The van der Waals surface area contributed by atoms with E-state index >= 15 is 0 Å². The van der Waals surface area contributed by atoms with E-state index in [0.29, 0.717) is 17.9 Å².